The molecule has 7 heteroatoms. The molecule has 0 aliphatic carbocycles. The lowest BCUT2D eigenvalue weighted by atomic mass is 10.0. The molecule has 0 saturated carbocycles. The Kier molecular flexibility index (Phi) is 4.61. The maximum Gasteiger partial charge on any atom is 0.256 e. The second-order valence-electron chi connectivity index (χ2n) is 9.01. The first-order chi connectivity index (χ1) is 15.2. The molecular formula is C24H28N4O3. The number of pyridine rings is 1. The average Bonchev–Trinajstić information content (AvgIpc) is 3.37. The number of anilines is 1. The van der Waals surface area contributed by atoms with Crippen LogP contribution in [0.25, 0.3) is 0 Å². The van der Waals surface area contributed by atoms with Crippen LogP contribution in [0, 0.1) is 6.92 Å². The number of amides is 1. The monoisotopic (exact) mass is 420 g/mol. The van der Waals surface area contributed by atoms with Gasteiger partial charge in [0.25, 0.3) is 5.91 Å². The number of aryl methyl sites for hydroxylation is 1. The number of piperidine rings is 1. The lowest BCUT2D eigenvalue weighted by molar-refractivity contribution is 0.0689. The van der Waals surface area contributed by atoms with Gasteiger partial charge in [-0.2, -0.15) is 0 Å². The van der Waals surface area contributed by atoms with Gasteiger partial charge < -0.3 is 24.6 Å². The quantitative estimate of drug-likeness (QED) is 0.823. The summed E-state index contributed by atoms with van der Waals surface area (Å²) in [5, 5.41) is 3.40. The smallest absolute Gasteiger partial charge is 0.256 e. The standard InChI is InChI=1S/C24H28N4O3/c1-15-10-20-22(21-12-25-6-9-28(21)24(20)29)26-23(15)27-7-4-18(5-8-27)31-19-3-2-16-13-30-14-17(16)11-19/h2-3,10-11,18,21,25H,4-9,12-14H2,1H3/t21-/m0/s1. The van der Waals surface area contributed by atoms with Gasteiger partial charge in [-0.3, -0.25) is 4.79 Å². The number of carbonyl (C=O) groups excluding carboxylic acids is 1. The van der Waals surface area contributed by atoms with Gasteiger partial charge in [-0.05, 0) is 41.8 Å². The number of nitrogens with one attached hydrogen (secondary N) is 1. The molecule has 0 radical (unpaired) electrons. The van der Waals surface area contributed by atoms with Crippen molar-refractivity contribution in [1.29, 1.82) is 0 Å². The van der Waals surface area contributed by atoms with Gasteiger partial charge in [0, 0.05) is 45.6 Å². The zero-order chi connectivity index (χ0) is 20.9. The molecule has 1 amide bonds. The van der Waals surface area contributed by atoms with Crippen molar-refractivity contribution in [3.05, 3.63) is 52.2 Å². The summed E-state index contributed by atoms with van der Waals surface area (Å²) in [6.45, 7) is 7.68. The number of hydrogen-bond acceptors (Lipinski definition) is 6. The van der Waals surface area contributed by atoms with Gasteiger partial charge in [0.05, 0.1) is 30.5 Å². The van der Waals surface area contributed by atoms with Crippen LogP contribution in [0.5, 0.6) is 5.75 Å². The van der Waals surface area contributed by atoms with Gasteiger partial charge in [-0.15, -0.1) is 0 Å². The summed E-state index contributed by atoms with van der Waals surface area (Å²) in [6.07, 6.45) is 2.13. The number of fused-ring (bicyclic) bond motifs is 4. The molecule has 1 atom stereocenters. The third-order valence-corrected chi connectivity index (χ3v) is 7.00. The number of piperazine rings is 1. The highest BCUT2D eigenvalue weighted by Gasteiger charge is 2.40. The van der Waals surface area contributed by atoms with Crippen LogP contribution in [0.2, 0.25) is 0 Å². The van der Waals surface area contributed by atoms with E-state index in [1.165, 1.54) is 11.1 Å². The van der Waals surface area contributed by atoms with Crippen molar-refractivity contribution in [2.75, 3.05) is 37.6 Å². The van der Waals surface area contributed by atoms with E-state index in [1.54, 1.807) is 0 Å². The van der Waals surface area contributed by atoms with Crippen molar-refractivity contribution < 1.29 is 14.3 Å². The van der Waals surface area contributed by atoms with Gasteiger partial charge in [-0.25, -0.2) is 4.98 Å². The van der Waals surface area contributed by atoms with E-state index in [4.69, 9.17) is 14.5 Å². The maximum atomic E-state index is 12.8. The molecule has 6 rings (SSSR count). The van der Waals surface area contributed by atoms with Gasteiger partial charge in [0.1, 0.15) is 17.7 Å². The third kappa shape index (κ3) is 3.27. The highest BCUT2D eigenvalue weighted by Crippen LogP contribution is 2.36. The molecule has 1 aromatic carbocycles. The number of carbonyl (C=O) groups is 1. The summed E-state index contributed by atoms with van der Waals surface area (Å²) < 4.78 is 11.8. The molecule has 0 bridgehead atoms. The van der Waals surface area contributed by atoms with Crippen LogP contribution < -0.4 is 15.0 Å². The molecule has 1 N–H and O–H groups in total. The molecule has 0 spiro atoms. The van der Waals surface area contributed by atoms with Crippen LogP contribution in [0.4, 0.5) is 5.82 Å². The van der Waals surface area contributed by atoms with E-state index in [-0.39, 0.29) is 18.1 Å². The summed E-state index contributed by atoms with van der Waals surface area (Å²) >= 11 is 0. The Bertz CT molecular complexity index is 1030. The second-order valence-corrected chi connectivity index (χ2v) is 9.01. The zero-order valence-corrected chi connectivity index (χ0v) is 17.9. The summed E-state index contributed by atoms with van der Waals surface area (Å²) in [6, 6.07) is 8.43. The van der Waals surface area contributed by atoms with Crippen LogP contribution >= 0.6 is 0 Å². The van der Waals surface area contributed by atoms with Gasteiger partial charge in [-0.1, -0.05) is 6.07 Å². The Balaban J connectivity index is 1.16. The molecule has 31 heavy (non-hydrogen) atoms. The minimum Gasteiger partial charge on any atom is -0.490 e. The van der Waals surface area contributed by atoms with Crippen molar-refractivity contribution in [2.45, 2.75) is 45.1 Å². The molecule has 7 nitrogen and oxygen atoms in total. The van der Waals surface area contributed by atoms with Gasteiger partial charge >= 0.3 is 0 Å². The molecule has 2 aromatic rings. The Hall–Kier alpha value is -2.64. The van der Waals surface area contributed by atoms with Gasteiger partial charge in [0.15, 0.2) is 0 Å². The van der Waals surface area contributed by atoms with Crippen LogP contribution in [-0.2, 0) is 18.0 Å². The first-order valence-corrected chi connectivity index (χ1v) is 11.3. The molecule has 4 aliphatic rings. The molecule has 2 saturated heterocycles. The summed E-state index contributed by atoms with van der Waals surface area (Å²) in [7, 11) is 0. The number of ether oxygens (including phenoxy) is 2. The van der Waals surface area contributed by atoms with Crippen LogP contribution in [-0.4, -0.2) is 54.6 Å². The largest absolute Gasteiger partial charge is 0.490 e. The number of hydrogen-bond donors (Lipinski definition) is 1. The first kappa shape index (κ1) is 19.1. The van der Waals surface area contributed by atoms with E-state index >= 15 is 0 Å². The fraction of sp³-hybridized carbons (Fsp3) is 0.500. The van der Waals surface area contributed by atoms with Crippen LogP contribution in [0.1, 0.15) is 51.6 Å². The number of rotatable bonds is 3. The maximum absolute atomic E-state index is 12.8. The Morgan fingerprint density at radius 2 is 1.97 bits per heavy atom. The molecule has 4 aliphatic heterocycles. The topological polar surface area (TPSA) is 66.9 Å². The van der Waals surface area contributed by atoms with Crippen LogP contribution in [0.15, 0.2) is 24.3 Å². The fourth-order valence-electron chi connectivity index (χ4n) is 5.31. The fourth-order valence-corrected chi connectivity index (χ4v) is 5.31. The summed E-state index contributed by atoms with van der Waals surface area (Å²) in [5.41, 5.74) is 5.32. The average molecular weight is 421 g/mol. The predicted molar refractivity (Wildman–Crippen MR) is 116 cm³/mol. The van der Waals surface area contributed by atoms with Crippen molar-refractivity contribution in [3.8, 4) is 5.75 Å². The normalized spacial score (nSPS) is 23.0. The lowest BCUT2D eigenvalue weighted by Crippen LogP contribution is -2.45. The van der Waals surface area contributed by atoms with E-state index in [9.17, 15) is 4.79 Å². The Morgan fingerprint density at radius 3 is 2.84 bits per heavy atom. The third-order valence-electron chi connectivity index (χ3n) is 7.00. The van der Waals surface area contributed by atoms with Crippen LogP contribution in [0.3, 0.4) is 0 Å². The summed E-state index contributed by atoms with van der Waals surface area (Å²) in [4.78, 5) is 22.1. The van der Waals surface area contributed by atoms with Crippen molar-refractivity contribution in [3.63, 3.8) is 0 Å². The molecule has 2 fully saturated rings. The Labute approximate surface area is 182 Å². The highest BCUT2D eigenvalue weighted by molar-refractivity contribution is 5.99. The molecule has 0 unspecified atom stereocenters. The summed E-state index contributed by atoms with van der Waals surface area (Å²) in [5.74, 6) is 2.10. The van der Waals surface area contributed by atoms with Crippen molar-refractivity contribution >= 4 is 11.7 Å². The van der Waals surface area contributed by atoms with E-state index in [0.717, 1.165) is 74.0 Å². The lowest BCUT2D eigenvalue weighted by Gasteiger charge is -2.34. The Morgan fingerprint density at radius 1 is 1.13 bits per heavy atom. The van der Waals surface area contributed by atoms with Gasteiger partial charge in [0.2, 0.25) is 0 Å². The van der Waals surface area contributed by atoms with Crippen molar-refractivity contribution in [1.82, 2.24) is 15.2 Å². The van der Waals surface area contributed by atoms with E-state index in [2.05, 4.69) is 35.3 Å². The second kappa shape index (κ2) is 7.50. The van der Waals surface area contributed by atoms with E-state index < -0.39 is 0 Å². The SMILES string of the molecule is Cc1cc2c(nc1N1CCC(Oc3ccc4c(c3)COC4)CC1)[C@@H]1CNCCN1C2=O. The molecule has 1 aromatic heterocycles. The first-order valence-electron chi connectivity index (χ1n) is 11.3. The van der Waals surface area contributed by atoms with E-state index in [1.807, 2.05) is 11.0 Å². The highest BCUT2D eigenvalue weighted by atomic mass is 16.5. The predicted octanol–water partition coefficient (Wildman–Crippen LogP) is 2.57. The number of benzene rings is 1. The minimum absolute atomic E-state index is 0.0697. The molecular weight excluding hydrogens is 392 g/mol. The van der Waals surface area contributed by atoms with Crippen molar-refractivity contribution in [2.24, 2.45) is 0 Å². The van der Waals surface area contributed by atoms with E-state index in [0.29, 0.717) is 13.2 Å². The molecule has 5 heterocycles. The zero-order valence-electron chi connectivity index (χ0n) is 17.9. The number of aromatic nitrogens is 1. The number of nitrogens with zero attached hydrogens (tertiary/aromatic N) is 3. The molecule has 162 valence electrons. The minimum atomic E-state index is 0.0697.